The van der Waals surface area contributed by atoms with Crippen molar-refractivity contribution in [2.24, 2.45) is 0 Å². The molecule has 4 nitrogen and oxygen atoms in total. The summed E-state index contributed by atoms with van der Waals surface area (Å²) in [6.45, 7) is 3.51. The van der Waals surface area contributed by atoms with E-state index in [-0.39, 0.29) is 12.8 Å². The van der Waals surface area contributed by atoms with E-state index >= 15 is 0 Å². The molecule has 0 heterocycles. The molecular formula is C10H18O4. The fourth-order valence-corrected chi connectivity index (χ4v) is 0.980. The van der Waals surface area contributed by atoms with Gasteiger partial charge in [0.15, 0.2) is 0 Å². The second-order valence-corrected chi connectivity index (χ2v) is 3.36. The van der Waals surface area contributed by atoms with E-state index in [2.05, 4.69) is 4.74 Å². The molecule has 0 aromatic heterocycles. The zero-order valence-electron chi connectivity index (χ0n) is 8.78. The van der Waals surface area contributed by atoms with E-state index in [1.165, 1.54) is 6.92 Å². The highest BCUT2D eigenvalue weighted by Crippen LogP contribution is 2.02. The predicted octanol–water partition coefficient (Wildman–Crippen LogP) is 1.41. The molecule has 0 radical (unpaired) electrons. The van der Waals surface area contributed by atoms with Gasteiger partial charge in [0.25, 0.3) is 0 Å². The number of esters is 2. The topological polar surface area (TPSA) is 63.6 Å². The average Bonchev–Trinajstić information content (AvgIpc) is 2.02. The van der Waals surface area contributed by atoms with Gasteiger partial charge in [0, 0.05) is 6.42 Å². The van der Waals surface area contributed by atoms with Crippen LogP contribution < -0.4 is 0 Å². The molecule has 0 saturated heterocycles. The smallest absolute Gasteiger partial charge is 0.316 e. The molecule has 0 amide bonds. The summed E-state index contributed by atoms with van der Waals surface area (Å²) in [5.74, 6) is -1.15. The van der Waals surface area contributed by atoms with Crippen LogP contribution in [-0.4, -0.2) is 23.1 Å². The van der Waals surface area contributed by atoms with Gasteiger partial charge in [-0.15, -0.1) is 0 Å². The van der Waals surface area contributed by atoms with E-state index in [0.29, 0.717) is 0 Å². The van der Waals surface area contributed by atoms with E-state index in [0.717, 1.165) is 19.3 Å². The molecule has 0 bridgehead atoms. The fourth-order valence-electron chi connectivity index (χ4n) is 0.980. The molecule has 0 saturated carbocycles. The first kappa shape index (κ1) is 13.1. The van der Waals surface area contributed by atoms with E-state index in [1.807, 2.05) is 6.92 Å². The molecule has 0 aliphatic rings. The Morgan fingerprint density at radius 2 is 1.93 bits per heavy atom. The number of hydrogen-bond donors (Lipinski definition) is 1. The number of unbranched alkanes of at least 4 members (excludes halogenated alkanes) is 2. The molecule has 0 fully saturated rings. The third-order valence-electron chi connectivity index (χ3n) is 1.67. The van der Waals surface area contributed by atoms with Gasteiger partial charge in [0.05, 0.1) is 12.5 Å². The van der Waals surface area contributed by atoms with Crippen LogP contribution in [0.1, 0.15) is 46.0 Å². The van der Waals surface area contributed by atoms with E-state index < -0.39 is 18.0 Å². The van der Waals surface area contributed by atoms with Crippen LogP contribution in [0.5, 0.6) is 0 Å². The highest BCUT2D eigenvalue weighted by Gasteiger charge is 2.12. The van der Waals surface area contributed by atoms with Crippen molar-refractivity contribution in [3.05, 3.63) is 0 Å². The fraction of sp³-hybridized carbons (Fsp3) is 0.800. The first-order valence-corrected chi connectivity index (χ1v) is 4.97. The molecular weight excluding hydrogens is 184 g/mol. The SMILES string of the molecule is CCCCCC(=O)OC(=O)CC(C)O. The van der Waals surface area contributed by atoms with Crippen molar-refractivity contribution in [2.45, 2.75) is 52.1 Å². The molecule has 0 rings (SSSR count). The number of hydrogen-bond acceptors (Lipinski definition) is 4. The van der Waals surface area contributed by atoms with Crippen LogP contribution in [0, 0.1) is 0 Å². The predicted molar refractivity (Wildman–Crippen MR) is 51.5 cm³/mol. The highest BCUT2D eigenvalue weighted by molar-refractivity contribution is 5.85. The minimum atomic E-state index is -0.758. The molecule has 82 valence electrons. The van der Waals surface area contributed by atoms with E-state index in [9.17, 15) is 9.59 Å². The molecule has 1 atom stereocenters. The van der Waals surface area contributed by atoms with Crippen molar-refractivity contribution in [3.63, 3.8) is 0 Å². The van der Waals surface area contributed by atoms with Gasteiger partial charge >= 0.3 is 11.9 Å². The lowest BCUT2D eigenvalue weighted by Crippen LogP contribution is -2.16. The maximum atomic E-state index is 11.0. The number of aliphatic hydroxyl groups is 1. The second-order valence-electron chi connectivity index (χ2n) is 3.36. The lowest BCUT2D eigenvalue weighted by molar-refractivity contribution is -0.160. The van der Waals surface area contributed by atoms with Crippen molar-refractivity contribution in [1.82, 2.24) is 0 Å². The Labute approximate surface area is 84.3 Å². The molecule has 0 aromatic carbocycles. The van der Waals surface area contributed by atoms with Crippen LogP contribution in [0.3, 0.4) is 0 Å². The first-order valence-electron chi connectivity index (χ1n) is 4.97. The monoisotopic (exact) mass is 202 g/mol. The Bertz CT molecular complexity index is 187. The van der Waals surface area contributed by atoms with Gasteiger partial charge in [-0.1, -0.05) is 19.8 Å². The van der Waals surface area contributed by atoms with Gasteiger partial charge in [0.2, 0.25) is 0 Å². The van der Waals surface area contributed by atoms with Crippen molar-refractivity contribution >= 4 is 11.9 Å². The standard InChI is InChI=1S/C10H18O4/c1-3-4-5-6-9(12)14-10(13)7-8(2)11/h8,11H,3-7H2,1-2H3. The minimum Gasteiger partial charge on any atom is -0.393 e. The normalized spacial score (nSPS) is 12.2. The summed E-state index contributed by atoms with van der Waals surface area (Å²) < 4.78 is 4.47. The quantitative estimate of drug-likeness (QED) is 0.402. The first-order chi connectivity index (χ1) is 6.56. The summed E-state index contributed by atoms with van der Waals surface area (Å²) >= 11 is 0. The largest absolute Gasteiger partial charge is 0.393 e. The van der Waals surface area contributed by atoms with E-state index in [4.69, 9.17) is 5.11 Å². The van der Waals surface area contributed by atoms with Crippen molar-refractivity contribution in [2.75, 3.05) is 0 Å². The van der Waals surface area contributed by atoms with Gasteiger partial charge in [-0.2, -0.15) is 0 Å². The van der Waals surface area contributed by atoms with Crippen molar-refractivity contribution in [1.29, 1.82) is 0 Å². The van der Waals surface area contributed by atoms with Crippen molar-refractivity contribution in [3.8, 4) is 0 Å². The Morgan fingerprint density at radius 1 is 1.29 bits per heavy atom. The summed E-state index contributed by atoms with van der Waals surface area (Å²) in [4.78, 5) is 21.9. The zero-order chi connectivity index (χ0) is 11.0. The molecule has 4 heteroatoms. The molecule has 0 spiro atoms. The third kappa shape index (κ3) is 7.73. The van der Waals surface area contributed by atoms with Gasteiger partial charge in [0.1, 0.15) is 0 Å². The lowest BCUT2D eigenvalue weighted by Gasteiger charge is -2.03. The van der Waals surface area contributed by atoms with Gasteiger partial charge in [-0.05, 0) is 13.3 Å². The maximum Gasteiger partial charge on any atom is 0.316 e. The number of carbonyl (C=O) groups is 2. The maximum absolute atomic E-state index is 11.0. The number of aliphatic hydroxyl groups excluding tert-OH is 1. The molecule has 1 unspecified atom stereocenters. The van der Waals surface area contributed by atoms with Crippen LogP contribution in [0.15, 0.2) is 0 Å². The molecule has 0 aromatic rings. The Balaban J connectivity index is 3.56. The highest BCUT2D eigenvalue weighted by atomic mass is 16.6. The number of ether oxygens (including phenoxy) is 1. The summed E-state index contributed by atoms with van der Waals surface area (Å²) in [5.41, 5.74) is 0. The van der Waals surface area contributed by atoms with Crippen LogP contribution >= 0.6 is 0 Å². The van der Waals surface area contributed by atoms with Crippen LogP contribution in [0.4, 0.5) is 0 Å². The number of rotatable bonds is 6. The summed E-state index contributed by atoms with van der Waals surface area (Å²) in [7, 11) is 0. The summed E-state index contributed by atoms with van der Waals surface area (Å²) in [6.07, 6.45) is 2.12. The van der Waals surface area contributed by atoms with Gasteiger partial charge < -0.3 is 9.84 Å². The molecule has 14 heavy (non-hydrogen) atoms. The van der Waals surface area contributed by atoms with Gasteiger partial charge in [-0.25, -0.2) is 0 Å². The van der Waals surface area contributed by atoms with Gasteiger partial charge in [-0.3, -0.25) is 9.59 Å². The van der Waals surface area contributed by atoms with Crippen molar-refractivity contribution < 1.29 is 19.4 Å². The summed E-state index contributed by atoms with van der Waals surface area (Å²) in [5, 5.41) is 8.84. The second kappa shape index (κ2) is 7.50. The Morgan fingerprint density at radius 3 is 2.43 bits per heavy atom. The molecule has 0 aliphatic carbocycles. The molecule has 0 aliphatic heterocycles. The van der Waals surface area contributed by atoms with E-state index in [1.54, 1.807) is 0 Å². The van der Waals surface area contributed by atoms with Crippen LogP contribution in [0.25, 0.3) is 0 Å². The minimum absolute atomic E-state index is 0.125. The van der Waals surface area contributed by atoms with Crippen LogP contribution in [-0.2, 0) is 14.3 Å². The molecule has 1 N–H and O–H groups in total. The third-order valence-corrected chi connectivity index (χ3v) is 1.67. The Kier molecular flexibility index (Phi) is 7.02. The zero-order valence-corrected chi connectivity index (χ0v) is 8.78. The van der Waals surface area contributed by atoms with Crippen LogP contribution in [0.2, 0.25) is 0 Å². The number of carbonyl (C=O) groups excluding carboxylic acids is 2. The lowest BCUT2D eigenvalue weighted by atomic mass is 10.2. The summed E-state index contributed by atoms with van der Waals surface area (Å²) in [6, 6.07) is 0. The average molecular weight is 202 g/mol. The Hall–Kier alpha value is -0.900.